The predicted octanol–water partition coefficient (Wildman–Crippen LogP) is 5.05. The Bertz CT molecular complexity index is 899. The van der Waals surface area contributed by atoms with Crippen molar-refractivity contribution in [1.82, 2.24) is 9.97 Å². The molecule has 1 N–H and O–H groups in total. The van der Waals surface area contributed by atoms with Gasteiger partial charge in [0.05, 0.1) is 17.1 Å². The van der Waals surface area contributed by atoms with Crippen molar-refractivity contribution in [2.75, 3.05) is 4.90 Å². The molecule has 0 amide bonds. The highest BCUT2D eigenvalue weighted by Gasteiger charge is 2.32. The summed E-state index contributed by atoms with van der Waals surface area (Å²) in [6, 6.07) is 12.7. The largest absolute Gasteiger partial charge is 0.362 e. The molecule has 0 saturated carbocycles. The van der Waals surface area contributed by atoms with Crippen LogP contribution in [0, 0.1) is 19.7 Å². The van der Waals surface area contributed by atoms with E-state index in [0.29, 0.717) is 11.6 Å². The molecule has 0 aliphatic carbocycles. The van der Waals surface area contributed by atoms with E-state index >= 15 is 0 Å². The summed E-state index contributed by atoms with van der Waals surface area (Å²) >= 11 is 0. The number of benzene rings is 2. The number of nitrogens with zero attached hydrogens (tertiary/aromatic N) is 2. The van der Waals surface area contributed by atoms with Crippen LogP contribution in [0.3, 0.4) is 0 Å². The minimum atomic E-state index is -0.135. The number of rotatable bonds is 2. The van der Waals surface area contributed by atoms with Gasteiger partial charge in [-0.3, -0.25) is 0 Å². The molecule has 0 spiro atoms. The Morgan fingerprint density at radius 1 is 1.12 bits per heavy atom. The number of fused-ring (bicyclic) bond motifs is 1. The van der Waals surface area contributed by atoms with E-state index in [-0.39, 0.29) is 11.9 Å². The maximum Gasteiger partial charge on any atom is 0.128 e. The lowest BCUT2D eigenvalue weighted by Crippen LogP contribution is -2.29. The van der Waals surface area contributed by atoms with Gasteiger partial charge < -0.3 is 9.88 Å². The van der Waals surface area contributed by atoms with E-state index in [9.17, 15) is 4.39 Å². The fourth-order valence-corrected chi connectivity index (χ4v) is 3.85. The molecule has 2 atom stereocenters. The summed E-state index contributed by atoms with van der Waals surface area (Å²) in [5, 5.41) is 0. The van der Waals surface area contributed by atoms with Crippen molar-refractivity contribution in [3.63, 3.8) is 0 Å². The summed E-state index contributed by atoms with van der Waals surface area (Å²) in [6.45, 7) is 5.99. The van der Waals surface area contributed by atoms with Gasteiger partial charge in [0.2, 0.25) is 0 Å². The summed E-state index contributed by atoms with van der Waals surface area (Å²) < 4.78 is 14.1. The molecule has 2 heterocycles. The molecule has 2 aromatic carbocycles. The summed E-state index contributed by atoms with van der Waals surface area (Å²) in [5.74, 6) is 0.795. The zero-order valence-electron chi connectivity index (χ0n) is 14.3. The number of hydrogen-bond donors (Lipinski definition) is 1. The SMILES string of the molecule is Cc1nc2cc(C3CC[C@H](C)N3c3ccc(C)c(F)c3)ccc2[nH]1. The number of H-pyrrole nitrogens is 1. The molecule has 4 heteroatoms. The van der Waals surface area contributed by atoms with Crippen LogP contribution in [-0.2, 0) is 0 Å². The molecule has 1 aliphatic rings. The molecule has 3 aromatic rings. The van der Waals surface area contributed by atoms with Crippen molar-refractivity contribution in [2.24, 2.45) is 0 Å². The van der Waals surface area contributed by atoms with Gasteiger partial charge in [-0.15, -0.1) is 0 Å². The zero-order valence-corrected chi connectivity index (χ0v) is 14.3. The topological polar surface area (TPSA) is 31.9 Å². The minimum Gasteiger partial charge on any atom is -0.362 e. The normalized spacial score (nSPS) is 20.9. The highest BCUT2D eigenvalue weighted by Crippen LogP contribution is 2.40. The molecular formula is C20H22FN3. The first-order valence-corrected chi connectivity index (χ1v) is 8.53. The van der Waals surface area contributed by atoms with Crippen LogP contribution in [0.1, 0.15) is 42.8 Å². The fourth-order valence-electron chi connectivity index (χ4n) is 3.85. The molecule has 4 rings (SSSR count). The van der Waals surface area contributed by atoms with E-state index in [2.05, 4.69) is 40.0 Å². The van der Waals surface area contributed by atoms with Crippen molar-refractivity contribution in [2.45, 2.75) is 45.7 Å². The molecule has 1 fully saturated rings. The zero-order chi connectivity index (χ0) is 16.8. The van der Waals surface area contributed by atoms with Crippen LogP contribution in [0.5, 0.6) is 0 Å². The quantitative estimate of drug-likeness (QED) is 0.716. The molecule has 0 bridgehead atoms. The number of nitrogens with one attached hydrogen (secondary N) is 1. The summed E-state index contributed by atoms with van der Waals surface area (Å²) in [4.78, 5) is 10.2. The molecule has 1 aromatic heterocycles. The molecule has 1 aliphatic heterocycles. The number of halogens is 1. The predicted molar refractivity (Wildman–Crippen MR) is 95.9 cm³/mol. The monoisotopic (exact) mass is 323 g/mol. The Morgan fingerprint density at radius 2 is 1.96 bits per heavy atom. The lowest BCUT2D eigenvalue weighted by molar-refractivity contribution is 0.613. The van der Waals surface area contributed by atoms with Gasteiger partial charge in [-0.1, -0.05) is 12.1 Å². The molecule has 0 radical (unpaired) electrons. The molecular weight excluding hydrogens is 301 g/mol. The second-order valence-corrected chi connectivity index (χ2v) is 6.88. The number of anilines is 1. The van der Waals surface area contributed by atoms with Crippen molar-refractivity contribution in [1.29, 1.82) is 0 Å². The van der Waals surface area contributed by atoms with Gasteiger partial charge in [0.25, 0.3) is 0 Å². The Morgan fingerprint density at radius 3 is 2.75 bits per heavy atom. The van der Waals surface area contributed by atoms with E-state index in [1.165, 1.54) is 5.56 Å². The Kier molecular flexibility index (Phi) is 3.56. The summed E-state index contributed by atoms with van der Waals surface area (Å²) in [5.41, 5.74) is 4.97. The number of aryl methyl sites for hydroxylation is 2. The number of aromatic amines is 1. The van der Waals surface area contributed by atoms with E-state index in [0.717, 1.165) is 35.4 Å². The van der Waals surface area contributed by atoms with Crippen LogP contribution in [0.2, 0.25) is 0 Å². The van der Waals surface area contributed by atoms with Crippen molar-refractivity contribution in [3.05, 3.63) is 59.2 Å². The first kappa shape index (κ1) is 15.2. The molecule has 1 saturated heterocycles. The maximum absolute atomic E-state index is 14.1. The standard InChI is InChI=1S/C20H22FN3/c1-12-4-7-16(11-17(12)21)24-13(2)5-9-20(24)15-6-8-18-19(10-15)23-14(3)22-18/h4,6-8,10-11,13,20H,5,9H2,1-3H3,(H,22,23)/t13-,20?/m0/s1. The maximum atomic E-state index is 14.1. The van der Waals surface area contributed by atoms with Crippen molar-refractivity contribution < 1.29 is 4.39 Å². The highest BCUT2D eigenvalue weighted by molar-refractivity contribution is 5.76. The Hall–Kier alpha value is -2.36. The van der Waals surface area contributed by atoms with Gasteiger partial charge in [-0.25, -0.2) is 9.37 Å². The first-order chi connectivity index (χ1) is 11.5. The van der Waals surface area contributed by atoms with Gasteiger partial charge in [-0.05, 0) is 69.0 Å². The third-order valence-electron chi connectivity index (χ3n) is 5.13. The van der Waals surface area contributed by atoms with Crippen LogP contribution < -0.4 is 4.90 Å². The van der Waals surface area contributed by atoms with E-state index in [1.807, 2.05) is 19.1 Å². The van der Waals surface area contributed by atoms with E-state index in [1.54, 1.807) is 13.0 Å². The van der Waals surface area contributed by atoms with Crippen LogP contribution >= 0.6 is 0 Å². The van der Waals surface area contributed by atoms with Gasteiger partial charge in [-0.2, -0.15) is 0 Å². The third kappa shape index (κ3) is 2.46. The summed E-state index contributed by atoms with van der Waals surface area (Å²) in [7, 11) is 0. The first-order valence-electron chi connectivity index (χ1n) is 8.53. The third-order valence-corrected chi connectivity index (χ3v) is 5.13. The average Bonchev–Trinajstić information content (AvgIpc) is 3.11. The second-order valence-electron chi connectivity index (χ2n) is 6.88. The van der Waals surface area contributed by atoms with Gasteiger partial charge in [0.1, 0.15) is 11.6 Å². The molecule has 3 nitrogen and oxygen atoms in total. The van der Waals surface area contributed by atoms with E-state index in [4.69, 9.17) is 0 Å². The number of imidazole rings is 1. The van der Waals surface area contributed by atoms with Gasteiger partial charge >= 0.3 is 0 Å². The average molecular weight is 323 g/mol. The lowest BCUT2D eigenvalue weighted by Gasteiger charge is -2.31. The van der Waals surface area contributed by atoms with E-state index < -0.39 is 0 Å². The highest BCUT2D eigenvalue weighted by atomic mass is 19.1. The van der Waals surface area contributed by atoms with Crippen LogP contribution in [0.4, 0.5) is 10.1 Å². The van der Waals surface area contributed by atoms with Gasteiger partial charge in [0.15, 0.2) is 0 Å². The second kappa shape index (κ2) is 5.62. The van der Waals surface area contributed by atoms with Crippen LogP contribution in [0.25, 0.3) is 11.0 Å². The minimum absolute atomic E-state index is 0.135. The van der Waals surface area contributed by atoms with Crippen molar-refractivity contribution in [3.8, 4) is 0 Å². The smallest absolute Gasteiger partial charge is 0.128 e. The van der Waals surface area contributed by atoms with Gasteiger partial charge in [0, 0.05) is 11.7 Å². The molecule has 24 heavy (non-hydrogen) atoms. The fraction of sp³-hybridized carbons (Fsp3) is 0.350. The van der Waals surface area contributed by atoms with Crippen LogP contribution in [0.15, 0.2) is 36.4 Å². The Labute approximate surface area is 141 Å². The molecule has 1 unspecified atom stereocenters. The lowest BCUT2D eigenvalue weighted by atomic mass is 10.0. The summed E-state index contributed by atoms with van der Waals surface area (Å²) in [6.07, 6.45) is 2.18. The molecule has 124 valence electrons. The number of hydrogen-bond acceptors (Lipinski definition) is 2. The Balaban J connectivity index is 1.75. The number of aromatic nitrogens is 2. The van der Waals surface area contributed by atoms with Crippen molar-refractivity contribution >= 4 is 16.7 Å². The van der Waals surface area contributed by atoms with Crippen LogP contribution in [-0.4, -0.2) is 16.0 Å².